The molecule has 2 unspecified atom stereocenters. The molecule has 0 rings (SSSR count). The topological polar surface area (TPSA) is 32.3 Å². The SMILES string of the molecule is CCCNCCC(C)(O)C(C)CC. The first-order chi connectivity index (χ1) is 6.04. The molecule has 0 fully saturated rings. The summed E-state index contributed by atoms with van der Waals surface area (Å²) in [6.45, 7) is 10.3. The Morgan fingerprint density at radius 2 is 1.92 bits per heavy atom. The maximum Gasteiger partial charge on any atom is 0.0657 e. The zero-order valence-electron chi connectivity index (χ0n) is 9.56. The molecule has 2 atom stereocenters. The van der Waals surface area contributed by atoms with E-state index in [9.17, 15) is 5.11 Å². The molecule has 0 aromatic rings. The Morgan fingerprint density at radius 3 is 2.38 bits per heavy atom. The molecule has 0 spiro atoms. The van der Waals surface area contributed by atoms with Crippen molar-refractivity contribution in [2.75, 3.05) is 13.1 Å². The Labute approximate surface area is 82.7 Å². The zero-order chi connectivity index (χ0) is 10.3. The van der Waals surface area contributed by atoms with Gasteiger partial charge in [0.25, 0.3) is 0 Å². The van der Waals surface area contributed by atoms with Crippen molar-refractivity contribution in [3.8, 4) is 0 Å². The van der Waals surface area contributed by atoms with E-state index >= 15 is 0 Å². The van der Waals surface area contributed by atoms with Crippen LogP contribution in [0.5, 0.6) is 0 Å². The first kappa shape index (κ1) is 12.9. The maximum atomic E-state index is 10.0. The van der Waals surface area contributed by atoms with E-state index in [4.69, 9.17) is 0 Å². The Balaban J connectivity index is 3.62. The summed E-state index contributed by atoms with van der Waals surface area (Å²) in [5, 5.41) is 13.4. The first-order valence-corrected chi connectivity index (χ1v) is 5.47. The highest BCUT2D eigenvalue weighted by Crippen LogP contribution is 2.22. The molecule has 0 amide bonds. The van der Waals surface area contributed by atoms with Crippen molar-refractivity contribution in [2.45, 2.75) is 52.6 Å². The monoisotopic (exact) mass is 187 g/mol. The van der Waals surface area contributed by atoms with Crippen molar-refractivity contribution >= 4 is 0 Å². The van der Waals surface area contributed by atoms with Gasteiger partial charge in [0.15, 0.2) is 0 Å². The van der Waals surface area contributed by atoms with Crippen LogP contribution in [-0.4, -0.2) is 23.8 Å². The summed E-state index contributed by atoms with van der Waals surface area (Å²) in [5.41, 5.74) is -0.504. The molecule has 13 heavy (non-hydrogen) atoms. The molecule has 80 valence electrons. The zero-order valence-corrected chi connectivity index (χ0v) is 9.56. The number of rotatable bonds is 7. The third-order valence-corrected chi connectivity index (χ3v) is 2.91. The van der Waals surface area contributed by atoms with E-state index in [1.54, 1.807) is 0 Å². The third-order valence-electron chi connectivity index (χ3n) is 2.91. The Kier molecular flexibility index (Phi) is 6.35. The van der Waals surface area contributed by atoms with Gasteiger partial charge in [0.05, 0.1) is 5.60 Å². The minimum Gasteiger partial charge on any atom is -0.390 e. The summed E-state index contributed by atoms with van der Waals surface area (Å²) in [6, 6.07) is 0. The Hall–Kier alpha value is -0.0800. The average molecular weight is 187 g/mol. The summed E-state index contributed by atoms with van der Waals surface area (Å²) in [6.07, 6.45) is 3.05. The van der Waals surface area contributed by atoms with Crippen LogP contribution in [0.4, 0.5) is 0 Å². The van der Waals surface area contributed by atoms with Crippen LogP contribution in [-0.2, 0) is 0 Å². The van der Waals surface area contributed by atoms with E-state index in [1.165, 1.54) is 0 Å². The van der Waals surface area contributed by atoms with Crippen LogP contribution >= 0.6 is 0 Å². The third kappa shape index (κ3) is 5.27. The number of nitrogens with one attached hydrogen (secondary N) is 1. The van der Waals surface area contributed by atoms with Gasteiger partial charge in [-0.25, -0.2) is 0 Å². The van der Waals surface area contributed by atoms with Crippen molar-refractivity contribution < 1.29 is 5.11 Å². The minimum absolute atomic E-state index is 0.385. The van der Waals surface area contributed by atoms with Gasteiger partial charge in [-0.1, -0.05) is 27.2 Å². The molecule has 0 aliphatic carbocycles. The lowest BCUT2D eigenvalue weighted by molar-refractivity contribution is -0.00261. The van der Waals surface area contributed by atoms with Crippen molar-refractivity contribution in [3.63, 3.8) is 0 Å². The largest absolute Gasteiger partial charge is 0.390 e. The minimum atomic E-state index is -0.504. The van der Waals surface area contributed by atoms with Crippen LogP contribution in [0.3, 0.4) is 0 Å². The highest BCUT2D eigenvalue weighted by Gasteiger charge is 2.25. The fourth-order valence-electron chi connectivity index (χ4n) is 1.33. The number of aliphatic hydroxyl groups is 1. The summed E-state index contributed by atoms with van der Waals surface area (Å²) >= 11 is 0. The first-order valence-electron chi connectivity index (χ1n) is 5.47. The number of hydrogen-bond donors (Lipinski definition) is 2. The molecule has 0 bridgehead atoms. The molecular weight excluding hydrogens is 162 g/mol. The van der Waals surface area contributed by atoms with Gasteiger partial charge in [0.1, 0.15) is 0 Å². The summed E-state index contributed by atoms with van der Waals surface area (Å²) in [4.78, 5) is 0. The van der Waals surface area contributed by atoms with E-state index in [2.05, 4.69) is 26.1 Å². The van der Waals surface area contributed by atoms with Crippen molar-refractivity contribution in [2.24, 2.45) is 5.92 Å². The van der Waals surface area contributed by atoms with Crippen LogP contribution in [0.1, 0.15) is 47.0 Å². The molecule has 0 aromatic heterocycles. The molecule has 0 radical (unpaired) electrons. The highest BCUT2D eigenvalue weighted by molar-refractivity contribution is 4.78. The van der Waals surface area contributed by atoms with E-state index < -0.39 is 5.60 Å². The molecule has 0 aromatic carbocycles. The maximum absolute atomic E-state index is 10.0. The van der Waals surface area contributed by atoms with Gasteiger partial charge >= 0.3 is 0 Å². The average Bonchev–Trinajstić information content (AvgIpc) is 2.11. The Morgan fingerprint density at radius 1 is 1.31 bits per heavy atom. The van der Waals surface area contributed by atoms with Crippen LogP contribution < -0.4 is 5.32 Å². The second kappa shape index (κ2) is 6.39. The molecule has 0 heterocycles. The second-order valence-electron chi connectivity index (χ2n) is 4.17. The van der Waals surface area contributed by atoms with Crippen LogP contribution in [0, 0.1) is 5.92 Å². The molecular formula is C11H25NO. The van der Waals surface area contributed by atoms with Crippen molar-refractivity contribution in [1.29, 1.82) is 0 Å². The van der Waals surface area contributed by atoms with Gasteiger partial charge in [0.2, 0.25) is 0 Å². The Bertz CT molecular complexity index is 123. The lowest BCUT2D eigenvalue weighted by Gasteiger charge is -2.29. The fourth-order valence-corrected chi connectivity index (χ4v) is 1.33. The van der Waals surface area contributed by atoms with E-state index in [-0.39, 0.29) is 0 Å². The van der Waals surface area contributed by atoms with Gasteiger partial charge in [0, 0.05) is 0 Å². The van der Waals surface area contributed by atoms with Gasteiger partial charge in [-0.3, -0.25) is 0 Å². The molecule has 0 saturated heterocycles. The normalized spacial score (nSPS) is 18.2. The highest BCUT2D eigenvalue weighted by atomic mass is 16.3. The molecule has 2 heteroatoms. The van der Waals surface area contributed by atoms with Gasteiger partial charge in [-0.05, 0) is 38.8 Å². The summed E-state index contributed by atoms with van der Waals surface area (Å²) < 4.78 is 0. The van der Waals surface area contributed by atoms with Gasteiger partial charge in [-0.2, -0.15) is 0 Å². The van der Waals surface area contributed by atoms with Gasteiger partial charge < -0.3 is 10.4 Å². The fraction of sp³-hybridized carbons (Fsp3) is 1.00. The quantitative estimate of drug-likeness (QED) is 0.599. The molecule has 2 nitrogen and oxygen atoms in total. The van der Waals surface area contributed by atoms with E-state index in [1.807, 2.05) is 6.92 Å². The molecule has 0 aliphatic rings. The predicted octanol–water partition coefficient (Wildman–Crippen LogP) is 2.17. The summed E-state index contributed by atoms with van der Waals surface area (Å²) in [5.74, 6) is 0.385. The molecule has 0 aliphatic heterocycles. The van der Waals surface area contributed by atoms with E-state index in [0.717, 1.165) is 32.4 Å². The van der Waals surface area contributed by atoms with E-state index in [0.29, 0.717) is 5.92 Å². The van der Waals surface area contributed by atoms with Crippen molar-refractivity contribution in [3.05, 3.63) is 0 Å². The lowest BCUT2D eigenvalue weighted by atomic mass is 9.86. The lowest BCUT2D eigenvalue weighted by Crippen LogP contribution is -2.36. The smallest absolute Gasteiger partial charge is 0.0657 e. The van der Waals surface area contributed by atoms with Crippen LogP contribution in [0.25, 0.3) is 0 Å². The molecule has 0 saturated carbocycles. The molecule has 2 N–H and O–H groups in total. The number of hydrogen-bond acceptors (Lipinski definition) is 2. The van der Waals surface area contributed by atoms with Gasteiger partial charge in [-0.15, -0.1) is 0 Å². The van der Waals surface area contributed by atoms with Crippen LogP contribution in [0.15, 0.2) is 0 Å². The standard InChI is InChI=1S/C11H25NO/c1-5-8-12-9-7-11(4,13)10(3)6-2/h10,12-13H,5-9H2,1-4H3. The predicted molar refractivity (Wildman–Crippen MR) is 57.9 cm³/mol. The van der Waals surface area contributed by atoms with Crippen molar-refractivity contribution in [1.82, 2.24) is 5.32 Å². The van der Waals surface area contributed by atoms with Crippen LogP contribution in [0.2, 0.25) is 0 Å². The second-order valence-corrected chi connectivity index (χ2v) is 4.17. The summed E-state index contributed by atoms with van der Waals surface area (Å²) in [7, 11) is 0.